The van der Waals surface area contributed by atoms with E-state index in [1.807, 2.05) is 12.1 Å². The molecule has 0 aliphatic heterocycles. The number of hydrogen-bond acceptors (Lipinski definition) is 4. The first kappa shape index (κ1) is 15.4. The topological polar surface area (TPSA) is 78.4 Å². The number of rotatable bonds is 5. The van der Waals surface area contributed by atoms with Gasteiger partial charge in [0, 0.05) is 23.6 Å². The fraction of sp³-hybridized carbons (Fsp3) is 0.143. The van der Waals surface area contributed by atoms with Crippen LogP contribution in [-0.4, -0.2) is 11.5 Å². The molecular weight excluding hydrogens is 315 g/mol. The standard InChI is InChI=1S/C14H12Cl2N2O3/c15-10-3-1-9(2-4-10)5-6-21-14-8-12(17)13(18(19)20)7-11(14)16/h1-4,7-8H,5-6,17H2. The number of nitrogen functional groups attached to an aromatic ring is 1. The zero-order valence-corrected chi connectivity index (χ0v) is 12.4. The Morgan fingerprint density at radius 3 is 2.48 bits per heavy atom. The van der Waals surface area contributed by atoms with Gasteiger partial charge in [-0.2, -0.15) is 0 Å². The molecule has 0 bridgehead atoms. The van der Waals surface area contributed by atoms with E-state index in [4.69, 9.17) is 33.7 Å². The van der Waals surface area contributed by atoms with E-state index in [1.165, 1.54) is 12.1 Å². The lowest BCUT2D eigenvalue weighted by atomic mass is 10.2. The molecule has 0 aliphatic carbocycles. The van der Waals surface area contributed by atoms with Crippen LogP contribution in [0.1, 0.15) is 5.56 Å². The van der Waals surface area contributed by atoms with Crippen LogP contribution in [-0.2, 0) is 6.42 Å². The molecule has 0 amide bonds. The number of hydrogen-bond donors (Lipinski definition) is 1. The fourth-order valence-corrected chi connectivity index (χ4v) is 2.10. The third-order valence-electron chi connectivity index (χ3n) is 2.84. The van der Waals surface area contributed by atoms with Crippen LogP contribution in [0.5, 0.6) is 5.75 Å². The van der Waals surface area contributed by atoms with Gasteiger partial charge in [0.25, 0.3) is 5.69 Å². The van der Waals surface area contributed by atoms with Gasteiger partial charge in [0.15, 0.2) is 0 Å². The molecule has 0 unspecified atom stereocenters. The molecule has 2 rings (SSSR count). The summed E-state index contributed by atoms with van der Waals surface area (Å²) in [6.45, 7) is 0.374. The number of benzene rings is 2. The molecule has 0 spiro atoms. The number of nitro benzene ring substituents is 1. The average molecular weight is 327 g/mol. The lowest BCUT2D eigenvalue weighted by molar-refractivity contribution is -0.383. The van der Waals surface area contributed by atoms with Crippen LogP contribution < -0.4 is 10.5 Å². The van der Waals surface area contributed by atoms with E-state index in [-0.39, 0.29) is 16.4 Å². The average Bonchev–Trinajstić information content (AvgIpc) is 2.44. The highest BCUT2D eigenvalue weighted by Crippen LogP contribution is 2.34. The predicted octanol–water partition coefficient (Wildman–Crippen LogP) is 4.11. The van der Waals surface area contributed by atoms with Crippen LogP contribution in [0.4, 0.5) is 11.4 Å². The zero-order chi connectivity index (χ0) is 15.4. The molecule has 21 heavy (non-hydrogen) atoms. The number of nitrogens with two attached hydrogens (primary N) is 1. The molecule has 2 N–H and O–H groups in total. The molecule has 7 heteroatoms. The minimum atomic E-state index is -0.585. The molecule has 110 valence electrons. The predicted molar refractivity (Wildman–Crippen MR) is 83.2 cm³/mol. The first-order valence-electron chi connectivity index (χ1n) is 6.08. The van der Waals surface area contributed by atoms with E-state index in [2.05, 4.69) is 0 Å². The maximum atomic E-state index is 10.7. The fourth-order valence-electron chi connectivity index (χ4n) is 1.76. The highest BCUT2D eigenvalue weighted by atomic mass is 35.5. The lowest BCUT2D eigenvalue weighted by Crippen LogP contribution is -2.03. The number of ether oxygens (including phenoxy) is 1. The van der Waals surface area contributed by atoms with E-state index in [0.29, 0.717) is 23.8 Å². The zero-order valence-electron chi connectivity index (χ0n) is 10.9. The molecule has 0 saturated carbocycles. The summed E-state index contributed by atoms with van der Waals surface area (Å²) < 4.78 is 5.52. The molecule has 0 aromatic heterocycles. The van der Waals surface area contributed by atoms with Crippen molar-refractivity contribution in [3.05, 3.63) is 62.1 Å². The molecule has 0 fully saturated rings. The van der Waals surface area contributed by atoms with Gasteiger partial charge >= 0.3 is 0 Å². The number of anilines is 1. The Hall–Kier alpha value is -1.98. The molecule has 2 aromatic rings. The number of nitro groups is 1. The summed E-state index contributed by atoms with van der Waals surface area (Å²) in [5.74, 6) is 0.328. The van der Waals surface area contributed by atoms with Crippen molar-refractivity contribution in [3.8, 4) is 5.75 Å². The van der Waals surface area contributed by atoms with Crippen molar-refractivity contribution < 1.29 is 9.66 Å². The van der Waals surface area contributed by atoms with E-state index < -0.39 is 4.92 Å². The Kier molecular flexibility index (Phi) is 4.88. The van der Waals surface area contributed by atoms with E-state index in [9.17, 15) is 10.1 Å². The van der Waals surface area contributed by atoms with Gasteiger partial charge in [0.1, 0.15) is 11.4 Å². The Bertz CT molecular complexity index is 660. The Morgan fingerprint density at radius 2 is 1.86 bits per heavy atom. The third-order valence-corrected chi connectivity index (χ3v) is 3.39. The highest BCUT2D eigenvalue weighted by molar-refractivity contribution is 6.32. The molecule has 0 heterocycles. The summed E-state index contributed by atoms with van der Waals surface area (Å²) in [6.07, 6.45) is 0.657. The maximum absolute atomic E-state index is 10.7. The summed E-state index contributed by atoms with van der Waals surface area (Å²) in [6, 6.07) is 9.95. The van der Waals surface area contributed by atoms with Crippen molar-refractivity contribution in [3.63, 3.8) is 0 Å². The van der Waals surface area contributed by atoms with Crippen molar-refractivity contribution in [1.29, 1.82) is 0 Å². The largest absolute Gasteiger partial charge is 0.492 e. The highest BCUT2D eigenvalue weighted by Gasteiger charge is 2.15. The van der Waals surface area contributed by atoms with Gasteiger partial charge in [0.2, 0.25) is 0 Å². The number of nitrogens with zero attached hydrogens (tertiary/aromatic N) is 1. The summed E-state index contributed by atoms with van der Waals surface area (Å²) in [5.41, 5.74) is 6.44. The van der Waals surface area contributed by atoms with Crippen molar-refractivity contribution >= 4 is 34.6 Å². The van der Waals surface area contributed by atoms with Gasteiger partial charge in [-0.3, -0.25) is 10.1 Å². The van der Waals surface area contributed by atoms with Gasteiger partial charge in [-0.1, -0.05) is 35.3 Å². The molecule has 0 radical (unpaired) electrons. The molecule has 0 atom stereocenters. The molecular formula is C14H12Cl2N2O3. The van der Waals surface area contributed by atoms with Crippen molar-refractivity contribution in [2.45, 2.75) is 6.42 Å². The monoisotopic (exact) mass is 326 g/mol. The molecule has 0 aliphatic rings. The van der Waals surface area contributed by atoms with E-state index in [1.54, 1.807) is 12.1 Å². The smallest absolute Gasteiger partial charge is 0.293 e. The van der Waals surface area contributed by atoms with Crippen molar-refractivity contribution in [1.82, 2.24) is 0 Å². The number of halogens is 2. The second-order valence-electron chi connectivity index (χ2n) is 4.32. The molecule has 2 aromatic carbocycles. The summed E-state index contributed by atoms with van der Waals surface area (Å²) in [4.78, 5) is 10.1. The normalized spacial score (nSPS) is 10.4. The van der Waals surface area contributed by atoms with Gasteiger partial charge in [-0.25, -0.2) is 0 Å². The second kappa shape index (κ2) is 6.65. The van der Waals surface area contributed by atoms with Crippen LogP contribution in [0.3, 0.4) is 0 Å². The molecule has 0 saturated heterocycles. The van der Waals surface area contributed by atoms with Gasteiger partial charge < -0.3 is 10.5 Å². The molecule has 5 nitrogen and oxygen atoms in total. The maximum Gasteiger partial charge on any atom is 0.293 e. The van der Waals surface area contributed by atoms with E-state index in [0.717, 1.165) is 5.56 Å². The third kappa shape index (κ3) is 4.00. The minimum absolute atomic E-state index is 0.0193. The van der Waals surface area contributed by atoms with Crippen LogP contribution in [0.15, 0.2) is 36.4 Å². The van der Waals surface area contributed by atoms with Crippen LogP contribution >= 0.6 is 23.2 Å². The second-order valence-corrected chi connectivity index (χ2v) is 5.17. The summed E-state index contributed by atoms with van der Waals surface area (Å²) in [7, 11) is 0. The van der Waals surface area contributed by atoms with Crippen LogP contribution in [0.2, 0.25) is 10.0 Å². The Morgan fingerprint density at radius 1 is 1.19 bits per heavy atom. The van der Waals surface area contributed by atoms with Gasteiger partial charge in [-0.15, -0.1) is 0 Å². The summed E-state index contributed by atoms with van der Waals surface area (Å²) in [5, 5.41) is 11.6. The summed E-state index contributed by atoms with van der Waals surface area (Å²) >= 11 is 11.7. The van der Waals surface area contributed by atoms with Gasteiger partial charge in [0.05, 0.1) is 16.6 Å². The lowest BCUT2D eigenvalue weighted by Gasteiger charge is -2.09. The first-order valence-corrected chi connectivity index (χ1v) is 6.83. The first-order chi connectivity index (χ1) is 9.97. The Balaban J connectivity index is 2.02. The SMILES string of the molecule is Nc1cc(OCCc2ccc(Cl)cc2)c(Cl)cc1[N+](=O)[O-]. The van der Waals surface area contributed by atoms with Gasteiger partial charge in [-0.05, 0) is 17.7 Å². The van der Waals surface area contributed by atoms with E-state index >= 15 is 0 Å². The van der Waals surface area contributed by atoms with Crippen LogP contribution in [0, 0.1) is 10.1 Å². The Labute approximate surface area is 131 Å². The van der Waals surface area contributed by atoms with Crippen LogP contribution in [0.25, 0.3) is 0 Å². The quantitative estimate of drug-likeness (QED) is 0.509. The van der Waals surface area contributed by atoms with Crippen molar-refractivity contribution in [2.75, 3.05) is 12.3 Å². The van der Waals surface area contributed by atoms with Crippen molar-refractivity contribution in [2.24, 2.45) is 0 Å². The minimum Gasteiger partial charge on any atom is -0.492 e.